The average molecular weight is 455 g/mol. The number of hydrazine groups is 1. The molecular weight excluding hydrogens is 416 g/mol. The van der Waals surface area contributed by atoms with Gasteiger partial charge in [0.15, 0.2) is 0 Å². The van der Waals surface area contributed by atoms with E-state index in [4.69, 9.17) is 4.74 Å². The van der Waals surface area contributed by atoms with E-state index in [2.05, 4.69) is 10.7 Å². The molecule has 2 aliphatic heterocycles. The summed E-state index contributed by atoms with van der Waals surface area (Å²) in [6.45, 7) is 7.97. The lowest BCUT2D eigenvalue weighted by Crippen LogP contribution is -2.57. The molecule has 3 amide bonds. The molecular formula is C22H38N4O6. The van der Waals surface area contributed by atoms with Crippen molar-refractivity contribution >= 4 is 23.9 Å². The highest BCUT2D eigenvalue weighted by atomic mass is 16.6. The number of hydrogen-bond acceptors (Lipinski definition) is 7. The Labute approximate surface area is 190 Å². The summed E-state index contributed by atoms with van der Waals surface area (Å²) in [7, 11) is 0. The number of rotatable bonds is 9. The molecule has 0 unspecified atom stereocenters. The van der Waals surface area contributed by atoms with Gasteiger partial charge in [0.25, 0.3) is 5.91 Å². The summed E-state index contributed by atoms with van der Waals surface area (Å²) in [5.41, 5.74) is 2.45. The zero-order valence-electron chi connectivity index (χ0n) is 19.5. The maximum Gasteiger partial charge on any atom is 0.431 e. The number of carbonyl (C=O) groups is 4. The minimum absolute atomic E-state index is 0.0295. The zero-order chi connectivity index (χ0) is 23.7. The molecule has 0 aromatic heterocycles. The van der Waals surface area contributed by atoms with Crippen molar-refractivity contribution in [1.82, 2.24) is 20.7 Å². The van der Waals surface area contributed by atoms with Gasteiger partial charge in [-0.1, -0.05) is 13.8 Å². The predicted molar refractivity (Wildman–Crippen MR) is 117 cm³/mol. The van der Waals surface area contributed by atoms with Crippen LogP contribution in [0.1, 0.15) is 59.3 Å². The van der Waals surface area contributed by atoms with Crippen LogP contribution in [0.5, 0.6) is 0 Å². The molecule has 2 saturated heterocycles. The number of carboxylic acids is 1. The summed E-state index contributed by atoms with van der Waals surface area (Å²) < 4.78 is 5.16. The van der Waals surface area contributed by atoms with Crippen molar-refractivity contribution in [3.8, 4) is 0 Å². The molecule has 0 saturated carbocycles. The Bertz CT molecular complexity index is 665. The molecule has 0 spiro atoms. The van der Waals surface area contributed by atoms with Gasteiger partial charge in [0.05, 0.1) is 12.5 Å². The number of amides is 3. The summed E-state index contributed by atoms with van der Waals surface area (Å²) in [5, 5.41) is 13.2. The Kier molecular flexibility index (Phi) is 10.4. The molecule has 182 valence electrons. The molecule has 32 heavy (non-hydrogen) atoms. The van der Waals surface area contributed by atoms with Gasteiger partial charge in [0.2, 0.25) is 5.91 Å². The quantitative estimate of drug-likeness (QED) is 0.448. The molecule has 2 heterocycles. The third-order valence-electron chi connectivity index (χ3n) is 5.98. The maximum atomic E-state index is 13.1. The van der Waals surface area contributed by atoms with Crippen LogP contribution in [0.4, 0.5) is 4.79 Å². The molecule has 10 heteroatoms. The van der Waals surface area contributed by atoms with Crippen LogP contribution in [0.25, 0.3) is 0 Å². The first-order chi connectivity index (χ1) is 15.2. The van der Waals surface area contributed by atoms with Crippen LogP contribution in [-0.4, -0.2) is 77.7 Å². The van der Waals surface area contributed by atoms with Gasteiger partial charge in [0, 0.05) is 19.5 Å². The first kappa shape index (κ1) is 26.1. The average Bonchev–Trinajstić information content (AvgIpc) is 2.79. The lowest BCUT2D eigenvalue weighted by Gasteiger charge is -2.35. The van der Waals surface area contributed by atoms with Crippen molar-refractivity contribution < 1.29 is 29.0 Å². The largest absolute Gasteiger partial charge is 0.480 e. The highest BCUT2D eigenvalue weighted by molar-refractivity contribution is 5.93. The van der Waals surface area contributed by atoms with E-state index < -0.39 is 29.9 Å². The van der Waals surface area contributed by atoms with Crippen LogP contribution in [0.3, 0.4) is 0 Å². The van der Waals surface area contributed by atoms with Crippen LogP contribution >= 0.6 is 0 Å². The summed E-state index contributed by atoms with van der Waals surface area (Å²) in [6.07, 6.45) is 3.71. The molecule has 2 rings (SSSR count). The van der Waals surface area contributed by atoms with Crippen LogP contribution in [-0.2, 0) is 19.1 Å². The molecule has 2 fully saturated rings. The topological polar surface area (TPSA) is 128 Å². The molecule has 0 aromatic carbocycles. The lowest BCUT2D eigenvalue weighted by molar-refractivity contribution is -0.145. The highest BCUT2D eigenvalue weighted by Gasteiger charge is 2.36. The number of nitrogens with one attached hydrogen (secondary N) is 2. The summed E-state index contributed by atoms with van der Waals surface area (Å²) in [6, 6.07) is -1.16. The van der Waals surface area contributed by atoms with Gasteiger partial charge in [-0.2, -0.15) is 5.01 Å². The number of imide groups is 1. The molecule has 0 bridgehead atoms. The Morgan fingerprint density at radius 1 is 1.16 bits per heavy atom. The molecule has 0 radical (unpaired) electrons. The number of nitrogens with zero attached hydrogens (tertiary/aromatic N) is 2. The lowest BCUT2D eigenvalue weighted by atomic mass is 9.92. The van der Waals surface area contributed by atoms with Gasteiger partial charge < -0.3 is 20.1 Å². The molecule has 2 aliphatic rings. The van der Waals surface area contributed by atoms with Crippen molar-refractivity contribution in [2.24, 2.45) is 17.8 Å². The Hall–Kier alpha value is -2.20. The van der Waals surface area contributed by atoms with Crippen molar-refractivity contribution in [3.63, 3.8) is 0 Å². The van der Waals surface area contributed by atoms with Gasteiger partial charge in [-0.15, -0.1) is 0 Å². The standard InChI is InChI=1S/C22H38N4O6/c1-15(2)14-32-22(31)26(24-16(3)21(29)30)20(28)18-5-4-12-25(13-18)19(27)7-6-17-8-10-23-11-9-17/h15-18,23-24H,4-14H2,1-3H3,(H,29,30)/t16-,18+/m0/s1. The molecule has 0 aliphatic carbocycles. The monoisotopic (exact) mass is 454 g/mol. The van der Waals surface area contributed by atoms with E-state index in [1.54, 1.807) is 4.90 Å². The van der Waals surface area contributed by atoms with Crippen LogP contribution in [0.15, 0.2) is 0 Å². The van der Waals surface area contributed by atoms with Gasteiger partial charge in [-0.3, -0.25) is 14.4 Å². The van der Waals surface area contributed by atoms with Crippen molar-refractivity contribution in [3.05, 3.63) is 0 Å². The van der Waals surface area contributed by atoms with E-state index in [0.717, 1.165) is 32.4 Å². The number of ether oxygens (including phenoxy) is 1. The number of carboxylic acid groups (broad SMARTS) is 1. The highest BCUT2D eigenvalue weighted by Crippen LogP contribution is 2.22. The summed E-state index contributed by atoms with van der Waals surface area (Å²) >= 11 is 0. The van der Waals surface area contributed by atoms with Gasteiger partial charge >= 0.3 is 12.1 Å². The zero-order valence-corrected chi connectivity index (χ0v) is 19.5. The fourth-order valence-corrected chi connectivity index (χ4v) is 4.00. The Morgan fingerprint density at radius 2 is 1.84 bits per heavy atom. The van der Waals surface area contributed by atoms with E-state index >= 15 is 0 Å². The smallest absolute Gasteiger partial charge is 0.431 e. The van der Waals surface area contributed by atoms with E-state index in [1.807, 2.05) is 13.8 Å². The van der Waals surface area contributed by atoms with Crippen molar-refractivity contribution in [1.29, 1.82) is 0 Å². The fourth-order valence-electron chi connectivity index (χ4n) is 4.00. The van der Waals surface area contributed by atoms with E-state index in [-0.39, 0.29) is 25.0 Å². The first-order valence-corrected chi connectivity index (χ1v) is 11.7. The number of hydrogen-bond donors (Lipinski definition) is 3. The summed E-state index contributed by atoms with van der Waals surface area (Å²) in [5.74, 6) is -1.71. The van der Waals surface area contributed by atoms with Crippen molar-refractivity contribution in [2.75, 3.05) is 32.8 Å². The second-order valence-electron chi connectivity index (χ2n) is 9.24. The molecule has 3 N–H and O–H groups in total. The van der Waals surface area contributed by atoms with Crippen LogP contribution in [0, 0.1) is 17.8 Å². The fraction of sp³-hybridized carbons (Fsp3) is 0.818. The van der Waals surface area contributed by atoms with Gasteiger partial charge in [-0.05, 0) is 64.0 Å². The normalized spacial score (nSPS) is 20.6. The summed E-state index contributed by atoms with van der Waals surface area (Å²) in [4.78, 5) is 51.4. The number of likely N-dealkylation sites (tertiary alicyclic amines) is 1. The minimum atomic E-state index is -1.20. The third-order valence-corrected chi connectivity index (χ3v) is 5.98. The number of aliphatic carboxylic acids is 1. The second-order valence-corrected chi connectivity index (χ2v) is 9.24. The first-order valence-electron chi connectivity index (χ1n) is 11.7. The van der Waals surface area contributed by atoms with Gasteiger partial charge in [-0.25, -0.2) is 10.2 Å². The second kappa shape index (κ2) is 12.7. The predicted octanol–water partition coefficient (Wildman–Crippen LogP) is 1.60. The Morgan fingerprint density at radius 3 is 2.47 bits per heavy atom. The van der Waals surface area contributed by atoms with E-state index in [1.165, 1.54) is 6.92 Å². The number of carbonyl (C=O) groups excluding carboxylic acids is 3. The Balaban J connectivity index is 1.98. The number of piperidine rings is 2. The van der Waals surface area contributed by atoms with Crippen molar-refractivity contribution in [2.45, 2.75) is 65.3 Å². The molecule has 0 aromatic rings. The molecule has 10 nitrogen and oxygen atoms in total. The SMILES string of the molecule is CC(C)COC(=O)N(N[C@@H](C)C(=O)O)C(=O)[C@@H]1CCCN(C(=O)CCC2CCNCC2)C1. The molecule has 2 atom stereocenters. The van der Waals surface area contributed by atoms with Crippen LogP contribution < -0.4 is 10.7 Å². The maximum absolute atomic E-state index is 13.1. The van der Waals surface area contributed by atoms with Gasteiger partial charge in [0.1, 0.15) is 6.04 Å². The van der Waals surface area contributed by atoms with E-state index in [9.17, 15) is 24.3 Å². The minimum Gasteiger partial charge on any atom is -0.480 e. The van der Waals surface area contributed by atoms with E-state index in [0.29, 0.717) is 36.7 Å². The van der Waals surface area contributed by atoms with Crippen LogP contribution in [0.2, 0.25) is 0 Å². The third kappa shape index (κ3) is 8.05.